The molecule has 0 saturated carbocycles. The third-order valence-corrected chi connectivity index (χ3v) is 5.30. The van der Waals surface area contributed by atoms with Gasteiger partial charge in [0.25, 0.3) is 0 Å². The molecule has 1 atom stereocenters. The molecule has 0 radical (unpaired) electrons. The van der Waals surface area contributed by atoms with E-state index in [0.717, 1.165) is 5.56 Å². The van der Waals surface area contributed by atoms with E-state index < -0.39 is 12.4 Å². The lowest BCUT2D eigenvalue weighted by Crippen LogP contribution is -2.19. The summed E-state index contributed by atoms with van der Waals surface area (Å²) in [5, 5.41) is 4.97. The number of halogens is 1. The maximum Gasteiger partial charge on any atom is 0.511 e. The maximum absolute atomic E-state index is 11.6. The van der Waals surface area contributed by atoms with Crippen molar-refractivity contribution in [2.45, 2.75) is 59.8 Å². The van der Waals surface area contributed by atoms with Crippen molar-refractivity contribution in [3.05, 3.63) is 51.8 Å². The minimum absolute atomic E-state index is 0.0186. The van der Waals surface area contributed by atoms with Crippen molar-refractivity contribution in [1.82, 2.24) is 9.78 Å². The highest BCUT2D eigenvalue weighted by molar-refractivity contribution is 6.33. The molecule has 2 aromatic rings. The van der Waals surface area contributed by atoms with Crippen LogP contribution in [0, 0.1) is 6.92 Å². The highest BCUT2D eigenvalue weighted by Gasteiger charge is 2.25. The molecule has 2 rings (SSSR count). The molecule has 0 aliphatic carbocycles. The van der Waals surface area contributed by atoms with E-state index in [4.69, 9.17) is 21.1 Å². The second-order valence-electron chi connectivity index (χ2n) is 8.28. The number of benzene rings is 1. The van der Waals surface area contributed by atoms with E-state index in [2.05, 4.69) is 47.7 Å². The molecule has 32 heavy (non-hydrogen) atoms. The van der Waals surface area contributed by atoms with Gasteiger partial charge in [0.1, 0.15) is 5.69 Å². The topological polar surface area (TPSA) is 74.9 Å². The van der Waals surface area contributed by atoms with Gasteiger partial charge in [-0.15, -0.1) is 0 Å². The lowest BCUT2D eigenvalue weighted by Gasteiger charge is -2.22. The molecule has 1 heterocycles. The number of hydrogen-bond donors (Lipinski definition) is 0. The fourth-order valence-electron chi connectivity index (χ4n) is 3.17. The number of rotatable bonds is 7. The smallest absolute Gasteiger partial charge is 0.452 e. The van der Waals surface area contributed by atoms with Crippen molar-refractivity contribution in [2.24, 2.45) is 4.99 Å². The van der Waals surface area contributed by atoms with Crippen LogP contribution in [0.3, 0.4) is 0 Å². The number of nitrogens with zero attached hydrogens (tertiary/aromatic N) is 3. The third-order valence-electron chi connectivity index (χ3n) is 4.85. The molecule has 0 bridgehead atoms. The van der Waals surface area contributed by atoms with Crippen LogP contribution in [-0.2, 0) is 26.2 Å². The van der Waals surface area contributed by atoms with Crippen LogP contribution in [0.2, 0.25) is 5.02 Å². The van der Waals surface area contributed by atoms with E-state index in [0.29, 0.717) is 34.3 Å². The summed E-state index contributed by atoms with van der Waals surface area (Å²) in [5.74, 6) is 0.406. The molecule has 0 spiro atoms. The summed E-state index contributed by atoms with van der Waals surface area (Å²) in [6.07, 6.45) is -0.0863. The number of aliphatic imine (C=N–C) groups is 1. The summed E-state index contributed by atoms with van der Waals surface area (Å²) < 4.78 is 17.6. The van der Waals surface area contributed by atoms with Gasteiger partial charge in [0.15, 0.2) is 5.76 Å². The zero-order chi connectivity index (χ0) is 24.1. The average molecular weight is 462 g/mol. The van der Waals surface area contributed by atoms with E-state index in [-0.39, 0.29) is 5.41 Å². The Morgan fingerprint density at radius 1 is 1.25 bits per heavy atom. The first-order chi connectivity index (χ1) is 15.0. The monoisotopic (exact) mass is 461 g/mol. The normalized spacial score (nSPS) is 13.7. The number of ether oxygens (including phenoxy) is 3. The predicted molar refractivity (Wildman–Crippen MR) is 128 cm³/mol. The number of carbonyl (C=O) groups is 1. The SMILES string of the molecule is CCn1nc(C)c(Cl)c1/C(OC(C)OC(=O)OC)=C(\C=NC)c1ccc(C(C)(C)C)cc1. The molecular formula is C24H32ClN3O4. The lowest BCUT2D eigenvalue weighted by molar-refractivity contribution is -0.0619. The minimum Gasteiger partial charge on any atom is -0.452 e. The molecule has 174 valence electrons. The zero-order valence-corrected chi connectivity index (χ0v) is 20.8. The molecule has 0 aliphatic heterocycles. The Balaban J connectivity index is 2.73. The fourth-order valence-corrected chi connectivity index (χ4v) is 3.39. The van der Waals surface area contributed by atoms with Crippen LogP contribution < -0.4 is 0 Å². The molecule has 0 fully saturated rings. The summed E-state index contributed by atoms with van der Waals surface area (Å²) in [4.78, 5) is 15.9. The van der Waals surface area contributed by atoms with Gasteiger partial charge in [-0.25, -0.2) is 4.79 Å². The van der Waals surface area contributed by atoms with Crippen molar-refractivity contribution in [3.63, 3.8) is 0 Å². The minimum atomic E-state index is -0.942. The largest absolute Gasteiger partial charge is 0.511 e. The first-order valence-electron chi connectivity index (χ1n) is 10.4. The van der Waals surface area contributed by atoms with Gasteiger partial charge in [0, 0.05) is 32.3 Å². The van der Waals surface area contributed by atoms with Crippen molar-refractivity contribution >= 4 is 35.3 Å². The van der Waals surface area contributed by atoms with E-state index >= 15 is 0 Å². The van der Waals surface area contributed by atoms with Crippen LogP contribution in [0.1, 0.15) is 57.1 Å². The van der Waals surface area contributed by atoms with E-state index in [1.807, 2.05) is 26.0 Å². The number of methoxy groups -OCH3 is 1. The second-order valence-corrected chi connectivity index (χ2v) is 8.66. The van der Waals surface area contributed by atoms with Crippen molar-refractivity contribution in [2.75, 3.05) is 14.2 Å². The molecule has 0 saturated heterocycles. The van der Waals surface area contributed by atoms with Crippen LogP contribution >= 0.6 is 11.6 Å². The summed E-state index contributed by atoms with van der Waals surface area (Å²) in [7, 11) is 2.92. The molecule has 1 unspecified atom stereocenters. The van der Waals surface area contributed by atoms with Gasteiger partial charge in [-0.2, -0.15) is 5.10 Å². The number of hydrogen-bond acceptors (Lipinski definition) is 6. The quantitative estimate of drug-likeness (QED) is 0.223. The highest BCUT2D eigenvalue weighted by atomic mass is 35.5. The molecule has 8 heteroatoms. The van der Waals surface area contributed by atoms with Crippen LogP contribution in [-0.4, -0.2) is 42.6 Å². The Labute approximate surface area is 195 Å². The standard InChI is InChI=1S/C24H32ClN3O4/c1-9-28-21(20(25)15(2)27-28)22(31-16(3)32-23(29)30-8)19(14-26-7)17-10-12-18(13-11-17)24(4,5)6/h10-14,16H,9H2,1-8H3/b22-19-,26-14?. The summed E-state index contributed by atoms with van der Waals surface area (Å²) in [6, 6.07) is 8.18. The molecule has 7 nitrogen and oxygen atoms in total. The second kappa shape index (κ2) is 10.7. The van der Waals surface area contributed by atoms with Gasteiger partial charge in [0.05, 0.1) is 17.8 Å². The molecule has 1 aromatic heterocycles. The van der Waals surface area contributed by atoms with Crippen LogP contribution in [0.15, 0.2) is 29.3 Å². The summed E-state index contributed by atoms with van der Waals surface area (Å²) in [5.41, 5.74) is 4.03. The fraction of sp³-hybridized carbons (Fsp3) is 0.458. The predicted octanol–water partition coefficient (Wildman–Crippen LogP) is 5.88. The number of aromatic nitrogens is 2. The Morgan fingerprint density at radius 3 is 2.38 bits per heavy atom. The van der Waals surface area contributed by atoms with Gasteiger partial charge in [-0.3, -0.25) is 9.67 Å². The first kappa shape index (κ1) is 25.5. The van der Waals surface area contributed by atoms with Crippen molar-refractivity contribution < 1.29 is 19.0 Å². The van der Waals surface area contributed by atoms with Crippen molar-refractivity contribution in [1.29, 1.82) is 0 Å². The lowest BCUT2D eigenvalue weighted by atomic mass is 9.86. The number of carbonyl (C=O) groups excluding carboxylic acids is 1. The Morgan fingerprint density at radius 2 is 1.88 bits per heavy atom. The Bertz CT molecular complexity index is 1000. The van der Waals surface area contributed by atoms with E-state index in [9.17, 15) is 4.79 Å². The van der Waals surface area contributed by atoms with E-state index in [1.165, 1.54) is 12.7 Å². The highest BCUT2D eigenvalue weighted by Crippen LogP contribution is 2.35. The maximum atomic E-state index is 11.6. The molecular weight excluding hydrogens is 430 g/mol. The van der Waals surface area contributed by atoms with Gasteiger partial charge < -0.3 is 14.2 Å². The average Bonchev–Trinajstić information content (AvgIpc) is 3.03. The zero-order valence-electron chi connectivity index (χ0n) is 20.0. The van der Waals surface area contributed by atoms with Gasteiger partial charge in [0.2, 0.25) is 6.29 Å². The molecule has 0 amide bonds. The molecule has 0 N–H and O–H groups in total. The Kier molecular flexibility index (Phi) is 8.50. The first-order valence-corrected chi connectivity index (χ1v) is 10.8. The van der Waals surface area contributed by atoms with Gasteiger partial charge in [-0.05, 0) is 30.4 Å². The molecule has 0 aliphatic rings. The third kappa shape index (κ3) is 5.91. The summed E-state index contributed by atoms with van der Waals surface area (Å²) >= 11 is 6.65. The van der Waals surface area contributed by atoms with Crippen LogP contribution in [0.25, 0.3) is 11.3 Å². The van der Waals surface area contributed by atoms with Crippen LogP contribution in [0.5, 0.6) is 0 Å². The van der Waals surface area contributed by atoms with Crippen LogP contribution in [0.4, 0.5) is 4.79 Å². The Hall–Kier alpha value is -2.80. The molecule has 1 aromatic carbocycles. The van der Waals surface area contributed by atoms with Gasteiger partial charge >= 0.3 is 6.16 Å². The van der Waals surface area contributed by atoms with Crippen molar-refractivity contribution in [3.8, 4) is 0 Å². The number of aryl methyl sites for hydroxylation is 2. The van der Waals surface area contributed by atoms with E-state index in [1.54, 1.807) is 24.9 Å². The summed E-state index contributed by atoms with van der Waals surface area (Å²) in [6.45, 7) is 12.5. The van der Waals surface area contributed by atoms with Gasteiger partial charge in [-0.1, -0.05) is 56.6 Å². The number of allylic oxidation sites excluding steroid dienone is 1.